The predicted molar refractivity (Wildman–Crippen MR) is 116 cm³/mol. The van der Waals surface area contributed by atoms with Gasteiger partial charge in [-0.05, 0) is 53.6 Å². The molecule has 0 bridgehead atoms. The van der Waals surface area contributed by atoms with Gasteiger partial charge in [0.15, 0.2) is 5.69 Å². The summed E-state index contributed by atoms with van der Waals surface area (Å²) in [5.74, 6) is -0.271. The maximum absolute atomic E-state index is 13.1. The Labute approximate surface area is 171 Å². The van der Waals surface area contributed by atoms with Crippen LogP contribution in [0.5, 0.6) is 0 Å². The van der Waals surface area contributed by atoms with E-state index in [-0.39, 0.29) is 17.4 Å². The van der Waals surface area contributed by atoms with Crippen LogP contribution in [0.4, 0.5) is 11.5 Å². The highest BCUT2D eigenvalue weighted by atomic mass is 127. The summed E-state index contributed by atoms with van der Waals surface area (Å²) >= 11 is 2.14. The van der Waals surface area contributed by atoms with Gasteiger partial charge in [-0.15, -0.1) is 0 Å². The second kappa shape index (κ2) is 9.72. The molecule has 0 unspecified atom stereocenters. The fourth-order valence-corrected chi connectivity index (χ4v) is 3.33. The van der Waals surface area contributed by atoms with Crippen LogP contribution in [0.15, 0.2) is 33.9 Å². The number of nitrogens with one attached hydrogen (secondary N) is 1. The molecule has 146 valence electrons. The number of aromatic nitrogens is 2. The van der Waals surface area contributed by atoms with E-state index in [9.17, 15) is 14.4 Å². The lowest BCUT2D eigenvalue weighted by atomic mass is 10.1. The number of carbonyl (C=O) groups is 1. The van der Waals surface area contributed by atoms with Gasteiger partial charge in [0.2, 0.25) is 0 Å². The summed E-state index contributed by atoms with van der Waals surface area (Å²) in [5.41, 5.74) is 5.52. The fraction of sp³-hybridized carbons (Fsp3) is 0.421. The SMILES string of the molecule is CCCCN(C(=O)c1cccc(I)c1)c1c(N)n(CCCC)c(=O)[nH]c1=O. The van der Waals surface area contributed by atoms with Gasteiger partial charge in [0.05, 0.1) is 0 Å². The summed E-state index contributed by atoms with van der Waals surface area (Å²) < 4.78 is 2.25. The standard InChI is InChI=1S/C19H25IN4O3/c1-3-5-10-23(18(26)13-8-7-9-14(20)12-13)15-16(21)24(11-6-4-2)19(27)22-17(15)25/h7-9,12H,3-6,10-11,21H2,1-2H3,(H,22,25,27). The van der Waals surface area contributed by atoms with E-state index in [2.05, 4.69) is 27.6 Å². The maximum atomic E-state index is 13.1. The van der Waals surface area contributed by atoms with Crippen LogP contribution in [0.2, 0.25) is 0 Å². The fourth-order valence-electron chi connectivity index (χ4n) is 2.78. The molecule has 7 nitrogen and oxygen atoms in total. The number of benzene rings is 1. The number of nitrogens with zero attached hydrogens (tertiary/aromatic N) is 2. The van der Waals surface area contributed by atoms with Crippen LogP contribution in [-0.4, -0.2) is 22.0 Å². The molecule has 0 radical (unpaired) electrons. The number of halogens is 1. The van der Waals surface area contributed by atoms with E-state index in [0.717, 1.165) is 22.8 Å². The van der Waals surface area contributed by atoms with Gasteiger partial charge in [-0.25, -0.2) is 4.79 Å². The third-order valence-corrected chi connectivity index (χ3v) is 4.94. The third-order valence-electron chi connectivity index (χ3n) is 4.27. The third kappa shape index (κ3) is 5.00. The minimum absolute atomic E-state index is 0.0345. The molecule has 1 heterocycles. The van der Waals surface area contributed by atoms with Crippen LogP contribution in [0.3, 0.4) is 0 Å². The van der Waals surface area contributed by atoms with E-state index >= 15 is 0 Å². The zero-order chi connectivity index (χ0) is 20.0. The maximum Gasteiger partial charge on any atom is 0.330 e. The Balaban J connectivity index is 2.58. The molecule has 1 aromatic heterocycles. The molecule has 0 aliphatic rings. The lowest BCUT2D eigenvalue weighted by Crippen LogP contribution is -2.41. The monoisotopic (exact) mass is 484 g/mol. The molecule has 27 heavy (non-hydrogen) atoms. The molecule has 0 fully saturated rings. The van der Waals surface area contributed by atoms with Gasteiger partial charge < -0.3 is 10.6 Å². The first-order chi connectivity index (χ1) is 12.9. The molecular formula is C19H25IN4O3. The number of hydrogen-bond donors (Lipinski definition) is 2. The molecule has 8 heteroatoms. The largest absolute Gasteiger partial charge is 0.383 e. The van der Waals surface area contributed by atoms with Crippen molar-refractivity contribution in [3.63, 3.8) is 0 Å². The van der Waals surface area contributed by atoms with E-state index in [4.69, 9.17) is 5.73 Å². The number of aromatic amines is 1. The number of nitrogen functional groups attached to an aromatic ring is 1. The highest BCUT2D eigenvalue weighted by molar-refractivity contribution is 14.1. The summed E-state index contributed by atoms with van der Waals surface area (Å²) in [5, 5.41) is 0. The number of anilines is 2. The van der Waals surface area contributed by atoms with E-state index in [1.807, 2.05) is 19.9 Å². The first kappa shape index (κ1) is 21.2. The normalized spacial score (nSPS) is 10.8. The molecule has 0 aliphatic carbocycles. The van der Waals surface area contributed by atoms with E-state index < -0.39 is 11.2 Å². The van der Waals surface area contributed by atoms with Crippen LogP contribution in [0, 0.1) is 3.57 Å². The average molecular weight is 484 g/mol. The summed E-state index contributed by atoms with van der Waals surface area (Å²) in [4.78, 5) is 41.6. The Morgan fingerprint density at radius 1 is 1.22 bits per heavy atom. The van der Waals surface area contributed by atoms with E-state index in [1.165, 1.54) is 9.47 Å². The van der Waals surface area contributed by atoms with Gasteiger partial charge in [-0.1, -0.05) is 32.8 Å². The van der Waals surface area contributed by atoms with Crippen molar-refractivity contribution in [1.29, 1.82) is 0 Å². The lowest BCUT2D eigenvalue weighted by molar-refractivity contribution is 0.0986. The number of carbonyl (C=O) groups excluding carboxylic acids is 1. The van der Waals surface area contributed by atoms with Gasteiger partial charge in [0.1, 0.15) is 5.82 Å². The number of amides is 1. The molecule has 0 saturated carbocycles. The van der Waals surface area contributed by atoms with Crippen molar-refractivity contribution in [1.82, 2.24) is 9.55 Å². The Morgan fingerprint density at radius 3 is 2.56 bits per heavy atom. The molecule has 2 rings (SSSR count). The summed E-state index contributed by atoms with van der Waals surface area (Å²) in [6.07, 6.45) is 3.18. The number of H-pyrrole nitrogens is 1. The molecule has 0 saturated heterocycles. The Bertz CT molecular complexity index is 920. The first-order valence-corrected chi connectivity index (χ1v) is 10.2. The Kier molecular flexibility index (Phi) is 7.64. The number of nitrogens with two attached hydrogens (primary N) is 1. The van der Waals surface area contributed by atoms with Crippen molar-refractivity contribution in [3.05, 3.63) is 54.2 Å². The Morgan fingerprint density at radius 2 is 1.93 bits per heavy atom. The van der Waals surface area contributed by atoms with Gasteiger partial charge in [0, 0.05) is 22.2 Å². The van der Waals surface area contributed by atoms with Crippen molar-refractivity contribution < 1.29 is 4.79 Å². The quantitative estimate of drug-likeness (QED) is 0.563. The topological polar surface area (TPSA) is 101 Å². The van der Waals surface area contributed by atoms with Gasteiger partial charge in [-0.2, -0.15) is 0 Å². The van der Waals surface area contributed by atoms with Crippen LogP contribution >= 0.6 is 22.6 Å². The number of unbranched alkanes of at least 4 members (excludes halogenated alkanes) is 2. The molecular weight excluding hydrogens is 459 g/mol. The zero-order valence-corrected chi connectivity index (χ0v) is 17.8. The molecule has 0 aliphatic heterocycles. The number of hydrogen-bond acceptors (Lipinski definition) is 4. The predicted octanol–water partition coefficient (Wildman–Crippen LogP) is 2.97. The first-order valence-electron chi connectivity index (χ1n) is 9.10. The summed E-state index contributed by atoms with van der Waals surface area (Å²) in [6.45, 7) is 4.75. The molecule has 2 aromatic rings. The second-order valence-corrected chi connectivity index (χ2v) is 7.56. The number of rotatable bonds is 8. The average Bonchev–Trinajstić information content (AvgIpc) is 2.63. The summed E-state index contributed by atoms with van der Waals surface area (Å²) in [7, 11) is 0. The van der Waals surface area contributed by atoms with Crippen LogP contribution in [-0.2, 0) is 6.54 Å². The Hall–Kier alpha value is -2.10. The highest BCUT2D eigenvalue weighted by Crippen LogP contribution is 2.21. The van der Waals surface area contributed by atoms with Crippen LogP contribution in [0.1, 0.15) is 49.9 Å². The van der Waals surface area contributed by atoms with Crippen LogP contribution in [0.25, 0.3) is 0 Å². The molecule has 0 atom stereocenters. The zero-order valence-electron chi connectivity index (χ0n) is 15.6. The second-order valence-electron chi connectivity index (χ2n) is 6.32. The van der Waals surface area contributed by atoms with Gasteiger partial charge in [-0.3, -0.25) is 19.1 Å². The van der Waals surface area contributed by atoms with Crippen molar-refractivity contribution in [2.45, 2.75) is 46.1 Å². The summed E-state index contributed by atoms with van der Waals surface area (Å²) in [6, 6.07) is 7.16. The van der Waals surface area contributed by atoms with Crippen molar-refractivity contribution >= 4 is 40.0 Å². The van der Waals surface area contributed by atoms with Gasteiger partial charge >= 0.3 is 5.69 Å². The van der Waals surface area contributed by atoms with Gasteiger partial charge in [0.25, 0.3) is 11.5 Å². The molecule has 1 amide bonds. The highest BCUT2D eigenvalue weighted by Gasteiger charge is 2.25. The molecule has 1 aromatic carbocycles. The molecule has 3 N–H and O–H groups in total. The van der Waals surface area contributed by atoms with Crippen molar-refractivity contribution in [2.75, 3.05) is 17.2 Å². The van der Waals surface area contributed by atoms with Crippen molar-refractivity contribution in [2.24, 2.45) is 0 Å². The minimum Gasteiger partial charge on any atom is -0.383 e. The van der Waals surface area contributed by atoms with E-state index in [0.29, 0.717) is 25.1 Å². The van der Waals surface area contributed by atoms with Crippen LogP contribution < -0.4 is 21.9 Å². The smallest absolute Gasteiger partial charge is 0.330 e. The van der Waals surface area contributed by atoms with Crippen molar-refractivity contribution in [3.8, 4) is 0 Å². The van der Waals surface area contributed by atoms with E-state index in [1.54, 1.807) is 18.2 Å². The lowest BCUT2D eigenvalue weighted by Gasteiger charge is -2.24. The molecule has 0 spiro atoms. The minimum atomic E-state index is -0.639.